The Balaban J connectivity index is 1.50. The van der Waals surface area contributed by atoms with Gasteiger partial charge in [-0.25, -0.2) is 0 Å². The first-order valence-corrected chi connectivity index (χ1v) is 9.99. The number of carbonyl (C=O) groups excluding carboxylic acids is 1. The number of hydrogen-bond donors (Lipinski definition) is 2. The minimum Gasteiger partial charge on any atom is -0.349 e. The van der Waals surface area contributed by atoms with Crippen molar-refractivity contribution in [3.05, 3.63) is 65.2 Å². The molecule has 0 aliphatic carbocycles. The number of rotatable bonds is 4. The van der Waals surface area contributed by atoms with Gasteiger partial charge in [-0.2, -0.15) is 0 Å². The maximum Gasteiger partial charge on any atom is 0.251 e. The molecule has 1 amide bonds. The van der Waals surface area contributed by atoms with Crippen LogP contribution in [0.4, 0.5) is 5.69 Å². The Bertz CT molecular complexity index is 795. The van der Waals surface area contributed by atoms with Gasteiger partial charge in [0, 0.05) is 30.4 Å². The topological polar surface area (TPSA) is 44.4 Å². The first-order chi connectivity index (χ1) is 13.1. The minimum absolute atomic E-state index is 0.00558. The number of likely N-dealkylation sites (tertiary alicyclic amines) is 1. The van der Waals surface area contributed by atoms with Crippen LogP contribution in [0.3, 0.4) is 0 Å². The van der Waals surface area contributed by atoms with Crippen molar-refractivity contribution in [3.63, 3.8) is 0 Å². The van der Waals surface area contributed by atoms with Crippen LogP contribution >= 0.6 is 12.2 Å². The Morgan fingerprint density at radius 2 is 1.78 bits per heavy atom. The van der Waals surface area contributed by atoms with E-state index in [1.807, 2.05) is 37.3 Å². The standard InChI is InChI=1S/C22H27N3OS/c1-3-17-6-4-5-7-20(17)24-22(27)25-14-12-19(13-15-25)23-21(26)18-10-8-16(2)9-11-18/h4-11,19H,3,12-15H2,1-2H3,(H,23,26)(H,24,27). The molecule has 1 aliphatic heterocycles. The zero-order valence-corrected chi connectivity index (χ0v) is 16.8. The smallest absolute Gasteiger partial charge is 0.251 e. The van der Waals surface area contributed by atoms with Gasteiger partial charge < -0.3 is 15.5 Å². The predicted octanol–water partition coefficient (Wildman–Crippen LogP) is 4.15. The van der Waals surface area contributed by atoms with Crippen LogP contribution in [-0.2, 0) is 6.42 Å². The van der Waals surface area contributed by atoms with Crippen molar-refractivity contribution in [3.8, 4) is 0 Å². The van der Waals surface area contributed by atoms with Gasteiger partial charge in [-0.1, -0.05) is 42.8 Å². The van der Waals surface area contributed by atoms with E-state index in [0.717, 1.165) is 54.3 Å². The van der Waals surface area contributed by atoms with Crippen LogP contribution in [0.1, 0.15) is 41.3 Å². The van der Waals surface area contributed by atoms with E-state index in [4.69, 9.17) is 12.2 Å². The molecule has 27 heavy (non-hydrogen) atoms. The second kappa shape index (κ2) is 9.00. The largest absolute Gasteiger partial charge is 0.349 e. The molecule has 0 aromatic heterocycles. The van der Waals surface area contributed by atoms with Crippen molar-refractivity contribution in [2.75, 3.05) is 18.4 Å². The van der Waals surface area contributed by atoms with Crippen LogP contribution in [0.25, 0.3) is 0 Å². The number of thiocarbonyl (C=S) groups is 1. The van der Waals surface area contributed by atoms with Crippen molar-refractivity contribution in [2.24, 2.45) is 0 Å². The van der Waals surface area contributed by atoms with E-state index in [2.05, 4.69) is 40.7 Å². The molecule has 4 nitrogen and oxygen atoms in total. The fourth-order valence-corrected chi connectivity index (χ4v) is 3.64. The summed E-state index contributed by atoms with van der Waals surface area (Å²) in [6.07, 6.45) is 2.77. The number of para-hydroxylation sites is 1. The van der Waals surface area contributed by atoms with Crippen molar-refractivity contribution in [1.82, 2.24) is 10.2 Å². The van der Waals surface area contributed by atoms with Crippen LogP contribution in [0, 0.1) is 6.92 Å². The first kappa shape index (κ1) is 19.4. The molecular formula is C22H27N3OS. The molecule has 0 spiro atoms. The molecule has 1 saturated heterocycles. The van der Waals surface area contributed by atoms with Crippen molar-refractivity contribution in [2.45, 2.75) is 39.2 Å². The van der Waals surface area contributed by atoms with Gasteiger partial charge in [0.2, 0.25) is 0 Å². The predicted molar refractivity (Wildman–Crippen MR) is 115 cm³/mol. The molecule has 0 saturated carbocycles. The van der Waals surface area contributed by atoms with Crippen molar-refractivity contribution in [1.29, 1.82) is 0 Å². The molecule has 0 bridgehead atoms. The van der Waals surface area contributed by atoms with Gasteiger partial charge in [-0.05, 0) is 62.2 Å². The van der Waals surface area contributed by atoms with Gasteiger partial charge in [-0.15, -0.1) is 0 Å². The third kappa shape index (κ3) is 5.07. The van der Waals surface area contributed by atoms with Gasteiger partial charge in [0.05, 0.1) is 0 Å². The quantitative estimate of drug-likeness (QED) is 0.781. The molecule has 2 N–H and O–H groups in total. The van der Waals surface area contributed by atoms with E-state index in [1.54, 1.807) is 0 Å². The Kier molecular flexibility index (Phi) is 6.45. The second-order valence-corrected chi connectivity index (χ2v) is 7.43. The van der Waals surface area contributed by atoms with Gasteiger partial charge in [0.1, 0.15) is 0 Å². The monoisotopic (exact) mass is 381 g/mol. The molecule has 0 atom stereocenters. The summed E-state index contributed by atoms with van der Waals surface area (Å²) in [4.78, 5) is 14.6. The summed E-state index contributed by atoms with van der Waals surface area (Å²) >= 11 is 5.61. The highest BCUT2D eigenvalue weighted by molar-refractivity contribution is 7.80. The Morgan fingerprint density at radius 1 is 1.11 bits per heavy atom. The molecule has 1 aliphatic rings. The Labute approximate surface area is 167 Å². The molecular weight excluding hydrogens is 354 g/mol. The van der Waals surface area contributed by atoms with E-state index < -0.39 is 0 Å². The summed E-state index contributed by atoms with van der Waals surface area (Å²) in [6.45, 7) is 5.86. The lowest BCUT2D eigenvalue weighted by Gasteiger charge is -2.34. The van der Waals surface area contributed by atoms with Crippen LogP contribution in [0.15, 0.2) is 48.5 Å². The normalized spacial score (nSPS) is 14.7. The number of carbonyl (C=O) groups is 1. The molecule has 0 radical (unpaired) electrons. The lowest BCUT2D eigenvalue weighted by atomic mass is 10.0. The van der Waals surface area contributed by atoms with Gasteiger partial charge >= 0.3 is 0 Å². The average Bonchev–Trinajstić information content (AvgIpc) is 2.69. The molecule has 3 rings (SSSR count). The van der Waals surface area contributed by atoms with Crippen LogP contribution in [-0.4, -0.2) is 35.1 Å². The molecule has 0 unspecified atom stereocenters. The maximum atomic E-state index is 12.4. The fraction of sp³-hybridized carbons (Fsp3) is 0.364. The summed E-state index contributed by atoms with van der Waals surface area (Å²) < 4.78 is 0. The molecule has 2 aromatic rings. The van der Waals surface area contributed by atoms with Gasteiger partial charge in [0.25, 0.3) is 5.91 Å². The second-order valence-electron chi connectivity index (χ2n) is 7.04. The van der Waals surface area contributed by atoms with Crippen LogP contribution < -0.4 is 10.6 Å². The molecule has 1 heterocycles. The third-order valence-electron chi connectivity index (χ3n) is 5.07. The summed E-state index contributed by atoms with van der Waals surface area (Å²) in [5.74, 6) is 0.00558. The van der Waals surface area contributed by atoms with Gasteiger partial charge in [-0.3, -0.25) is 4.79 Å². The number of aryl methyl sites for hydroxylation is 2. The van der Waals surface area contributed by atoms with Crippen LogP contribution in [0.5, 0.6) is 0 Å². The Hall–Kier alpha value is -2.40. The molecule has 2 aromatic carbocycles. The number of nitrogens with one attached hydrogen (secondary N) is 2. The maximum absolute atomic E-state index is 12.4. The van der Waals surface area contributed by atoms with Crippen LogP contribution in [0.2, 0.25) is 0 Å². The minimum atomic E-state index is 0.00558. The summed E-state index contributed by atoms with van der Waals surface area (Å²) in [5, 5.41) is 7.30. The summed E-state index contributed by atoms with van der Waals surface area (Å²) in [7, 11) is 0. The van der Waals surface area contributed by atoms with Gasteiger partial charge in [0.15, 0.2) is 5.11 Å². The van der Waals surface area contributed by atoms with E-state index in [1.165, 1.54) is 5.56 Å². The molecule has 5 heteroatoms. The number of benzene rings is 2. The summed E-state index contributed by atoms with van der Waals surface area (Å²) in [5.41, 5.74) is 4.22. The number of hydrogen-bond acceptors (Lipinski definition) is 2. The molecule has 142 valence electrons. The number of nitrogens with zero attached hydrogens (tertiary/aromatic N) is 1. The number of amides is 1. The zero-order valence-electron chi connectivity index (χ0n) is 16.0. The van der Waals surface area contributed by atoms with E-state index in [0.29, 0.717) is 0 Å². The van der Waals surface area contributed by atoms with E-state index in [-0.39, 0.29) is 11.9 Å². The lowest BCUT2D eigenvalue weighted by Crippen LogP contribution is -2.47. The highest BCUT2D eigenvalue weighted by Gasteiger charge is 2.22. The van der Waals surface area contributed by atoms with E-state index in [9.17, 15) is 4.79 Å². The highest BCUT2D eigenvalue weighted by atomic mass is 32.1. The first-order valence-electron chi connectivity index (χ1n) is 9.58. The highest BCUT2D eigenvalue weighted by Crippen LogP contribution is 2.18. The van der Waals surface area contributed by atoms with Crippen molar-refractivity contribution < 1.29 is 4.79 Å². The SMILES string of the molecule is CCc1ccccc1NC(=S)N1CCC(NC(=O)c2ccc(C)cc2)CC1. The van der Waals surface area contributed by atoms with E-state index >= 15 is 0 Å². The summed E-state index contributed by atoms with van der Waals surface area (Å²) in [6, 6.07) is 16.2. The number of piperidine rings is 1. The van der Waals surface area contributed by atoms with Crippen molar-refractivity contribution >= 4 is 28.9 Å². The zero-order chi connectivity index (χ0) is 19.2. The third-order valence-corrected chi connectivity index (χ3v) is 5.43. The fourth-order valence-electron chi connectivity index (χ4n) is 3.35. The average molecular weight is 382 g/mol. The molecule has 1 fully saturated rings. The lowest BCUT2D eigenvalue weighted by molar-refractivity contribution is 0.0922. The number of anilines is 1. The Morgan fingerprint density at radius 3 is 2.44 bits per heavy atom.